The smallest absolute Gasteiger partial charge is 0.0327 e. The Hall–Kier alpha value is 0.270. The molecule has 1 heterocycles. The summed E-state index contributed by atoms with van der Waals surface area (Å²) in [6, 6.07) is 0.767. The summed E-state index contributed by atoms with van der Waals surface area (Å²) in [6.07, 6.45) is 6.32. The first-order valence-corrected chi connectivity index (χ1v) is 5.52. The molecule has 0 spiro atoms. The second kappa shape index (κ2) is 5.01. The van der Waals surface area contributed by atoms with E-state index in [0.717, 1.165) is 12.6 Å². The average Bonchev–Trinajstić information content (AvgIpc) is 2.06. The fourth-order valence-corrected chi connectivity index (χ4v) is 2.44. The maximum Gasteiger partial charge on any atom is 0.0327 e. The molecular formula is C8H18N2S. The van der Waals surface area contributed by atoms with E-state index in [0.29, 0.717) is 0 Å². The summed E-state index contributed by atoms with van der Waals surface area (Å²) < 4.78 is 2.50. The van der Waals surface area contributed by atoms with Crippen molar-refractivity contribution < 1.29 is 0 Å². The van der Waals surface area contributed by atoms with Crippen LogP contribution in [0.5, 0.6) is 0 Å². The van der Waals surface area contributed by atoms with Gasteiger partial charge >= 0.3 is 0 Å². The van der Waals surface area contributed by atoms with Gasteiger partial charge in [-0.2, -0.15) is 0 Å². The lowest BCUT2D eigenvalue weighted by Gasteiger charge is -2.33. The predicted molar refractivity (Wildman–Crippen MR) is 51.8 cm³/mol. The summed E-state index contributed by atoms with van der Waals surface area (Å²) in [7, 11) is 2.03. The van der Waals surface area contributed by atoms with Crippen molar-refractivity contribution in [2.24, 2.45) is 0 Å². The first kappa shape index (κ1) is 9.36. The molecule has 0 bridgehead atoms. The van der Waals surface area contributed by atoms with Crippen LogP contribution in [0, 0.1) is 0 Å². The van der Waals surface area contributed by atoms with Crippen LogP contribution in [0.2, 0.25) is 0 Å². The number of hydrogen-bond acceptors (Lipinski definition) is 3. The number of likely N-dealkylation sites (N-methyl/N-ethyl adjacent to an activating group) is 1. The molecule has 1 unspecified atom stereocenters. The number of piperidine rings is 1. The first-order valence-electron chi connectivity index (χ1n) is 4.34. The zero-order valence-electron chi connectivity index (χ0n) is 7.47. The number of rotatable bonds is 3. The molecule has 0 aromatic carbocycles. The molecule has 2 nitrogen and oxygen atoms in total. The Bertz CT molecular complexity index is 106. The van der Waals surface area contributed by atoms with Crippen molar-refractivity contribution in [2.75, 3.05) is 26.4 Å². The maximum atomic E-state index is 3.25. The molecule has 0 radical (unpaired) electrons. The Kier molecular flexibility index (Phi) is 4.26. The van der Waals surface area contributed by atoms with Crippen molar-refractivity contribution in [1.82, 2.24) is 9.62 Å². The zero-order valence-corrected chi connectivity index (χ0v) is 8.28. The van der Waals surface area contributed by atoms with Gasteiger partial charge in [-0.3, -0.25) is 0 Å². The SMILES string of the molecule is CNCC1CCCCN1SC. The van der Waals surface area contributed by atoms with E-state index < -0.39 is 0 Å². The molecule has 1 aliphatic heterocycles. The third kappa shape index (κ3) is 2.65. The molecule has 1 atom stereocenters. The third-order valence-corrected chi connectivity index (χ3v) is 3.20. The summed E-state index contributed by atoms with van der Waals surface area (Å²) in [5.41, 5.74) is 0. The third-order valence-electron chi connectivity index (χ3n) is 2.25. The van der Waals surface area contributed by atoms with Crippen LogP contribution in [0.25, 0.3) is 0 Å². The molecule has 1 rings (SSSR count). The molecule has 0 aliphatic carbocycles. The standard InChI is InChI=1S/C8H18N2S/c1-9-7-8-5-3-4-6-10(8)11-2/h8-9H,3-7H2,1-2H3. The topological polar surface area (TPSA) is 15.3 Å². The van der Waals surface area contributed by atoms with Crippen LogP contribution in [0.3, 0.4) is 0 Å². The highest BCUT2D eigenvalue weighted by molar-refractivity contribution is 7.96. The van der Waals surface area contributed by atoms with Gasteiger partial charge in [-0.15, -0.1) is 0 Å². The molecule has 1 fully saturated rings. The predicted octanol–water partition coefficient (Wildman–Crippen LogP) is 1.34. The minimum atomic E-state index is 0.767. The summed E-state index contributed by atoms with van der Waals surface area (Å²) in [6.45, 7) is 2.41. The maximum absolute atomic E-state index is 3.25. The highest BCUT2D eigenvalue weighted by Gasteiger charge is 2.20. The molecule has 66 valence electrons. The van der Waals surface area contributed by atoms with Gasteiger partial charge < -0.3 is 5.32 Å². The van der Waals surface area contributed by atoms with Gasteiger partial charge in [-0.1, -0.05) is 18.4 Å². The lowest BCUT2D eigenvalue weighted by Crippen LogP contribution is -2.40. The van der Waals surface area contributed by atoms with Crippen molar-refractivity contribution >= 4 is 11.9 Å². The summed E-state index contributed by atoms with van der Waals surface area (Å²) in [4.78, 5) is 0. The van der Waals surface area contributed by atoms with Crippen LogP contribution >= 0.6 is 11.9 Å². The van der Waals surface area contributed by atoms with Gasteiger partial charge in [-0.25, -0.2) is 4.31 Å². The minimum absolute atomic E-state index is 0.767. The van der Waals surface area contributed by atoms with Gasteiger partial charge in [0.05, 0.1) is 0 Å². The van der Waals surface area contributed by atoms with Crippen molar-refractivity contribution in [3.63, 3.8) is 0 Å². The van der Waals surface area contributed by atoms with E-state index in [1.54, 1.807) is 0 Å². The molecular weight excluding hydrogens is 156 g/mol. The fourth-order valence-electron chi connectivity index (χ4n) is 1.65. The molecule has 0 saturated carbocycles. The highest BCUT2D eigenvalue weighted by atomic mass is 32.2. The van der Waals surface area contributed by atoms with Gasteiger partial charge in [0.25, 0.3) is 0 Å². The lowest BCUT2D eigenvalue weighted by atomic mass is 10.1. The van der Waals surface area contributed by atoms with E-state index in [-0.39, 0.29) is 0 Å². The van der Waals surface area contributed by atoms with Crippen molar-refractivity contribution in [1.29, 1.82) is 0 Å². The largest absolute Gasteiger partial charge is 0.318 e. The molecule has 1 N–H and O–H groups in total. The minimum Gasteiger partial charge on any atom is -0.318 e. The Balaban J connectivity index is 2.31. The molecule has 0 amide bonds. The number of hydrogen-bond donors (Lipinski definition) is 1. The van der Waals surface area contributed by atoms with Gasteiger partial charge in [-0.05, 0) is 26.1 Å². The van der Waals surface area contributed by atoms with E-state index in [2.05, 4.69) is 15.9 Å². The summed E-state index contributed by atoms with van der Waals surface area (Å²) in [5, 5.41) is 3.25. The Labute approximate surface area is 73.9 Å². The Morgan fingerprint density at radius 3 is 3.00 bits per heavy atom. The van der Waals surface area contributed by atoms with Gasteiger partial charge in [0, 0.05) is 19.1 Å². The highest BCUT2D eigenvalue weighted by Crippen LogP contribution is 2.21. The lowest BCUT2D eigenvalue weighted by molar-refractivity contribution is 0.271. The van der Waals surface area contributed by atoms with Crippen LogP contribution in [-0.4, -0.2) is 36.7 Å². The monoisotopic (exact) mass is 174 g/mol. The summed E-state index contributed by atoms with van der Waals surface area (Å²) >= 11 is 1.89. The van der Waals surface area contributed by atoms with Crippen molar-refractivity contribution in [3.8, 4) is 0 Å². The van der Waals surface area contributed by atoms with E-state index >= 15 is 0 Å². The zero-order chi connectivity index (χ0) is 8.10. The fraction of sp³-hybridized carbons (Fsp3) is 1.00. The van der Waals surface area contributed by atoms with Gasteiger partial charge in [0.15, 0.2) is 0 Å². The number of nitrogens with one attached hydrogen (secondary N) is 1. The molecule has 1 saturated heterocycles. The molecule has 3 heteroatoms. The van der Waals surface area contributed by atoms with Gasteiger partial charge in [0.2, 0.25) is 0 Å². The quantitative estimate of drug-likeness (QED) is 0.650. The van der Waals surface area contributed by atoms with Crippen LogP contribution in [-0.2, 0) is 0 Å². The first-order chi connectivity index (χ1) is 5.38. The molecule has 11 heavy (non-hydrogen) atoms. The Morgan fingerprint density at radius 1 is 1.55 bits per heavy atom. The van der Waals surface area contributed by atoms with E-state index in [9.17, 15) is 0 Å². The van der Waals surface area contributed by atoms with Crippen LogP contribution in [0.15, 0.2) is 0 Å². The molecule has 0 aromatic rings. The van der Waals surface area contributed by atoms with Crippen molar-refractivity contribution in [3.05, 3.63) is 0 Å². The average molecular weight is 174 g/mol. The van der Waals surface area contributed by atoms with Crippen LogP contribution < -0.4 is 5.32 Å². The van der Waals surface area contributed by atoms with E-state index in [1.165, 1.54) is 25.8 Å². The second-order valence-electron chi connectivity index (χ2n) is 3.03. The van der Waals surface area contributed by atoms with Crippen LogP contribution in [0.4, 0.5) is 0 Å². The van der Waals surface area contributed by atoms with E-state index in [4.69, 9.17) is 0 Å². The second-order valence-corrected chi connectivity index (χ2v) is 3.86. The Morgan fingerprint density at radius 2 is 2.36 bits per heavy atom. The van der Waals surface area contributed by atoms with E-state index in [1.807, 2.05) is 19.0 Å². The van der Waals surface area contributed by atoms with Gasteiger partial charge in [0.1, 0.15) is 0 Å². The molecule has 1 aliphatic rings. The van der Waals surface area contributed by atoms with Crippen LogP contribution in [0.1, 0.15) is 19.3 Å². The number of nitrogens with zero attached hydrogens (tertiary/aromatic N) is 1. The normalized spacial score (nSPS) is 27.3. The molecule has 0 aromatic heterocycles. The summed E-state index contributed by atoms with van der Waals surface area (Å²) in [5.74, 6) is 0. The van der Waals surface area contributed by atoms with Crippen molar-refractivity contribution in [2.45, 2.75) is 25.3 Å².